The van der Waals surface area contributed by atoms with Crippen LogP contribution in [0.25, 0.3) is 27.7 Å². The van der Waals surface area contributed by atoms with Crippen molar-refractivity contribution in [1.29, 1.82) is 5.26 Å². The summed E-state index contributed by atoms with van der Waals surface area (Å²) in [7, 11) is 4.16. The number of nitrogens with one attached hydrogen (secondary N) is 1. The molecular formula is C20H20N6. The summed E-state index contributed by atoms with van der Waals surface area (Å²) >= 11 is 0. The summed E-state index contributed by atoms with van der Waals surface area (Å²) in [6.07, 6.45) is 2.80. The summed E-state index contributed by atoms with van der Waals surface area (Å²) in [5, 5.41) is 14.0. The highest BCUT2D eigenvalue weighted by Gasteiger charge is 2.13. The average molecular weight is 344 g/mol. The molecule has 0 saturated carbocycles. The molecule has 0 unspecified atom stereocenters. The Morgan fingerprint density at radius 2 is 2.08 bits per heavy atom. The molecule has 0 atom stereocenters. The van der Waals surface area contributed by atoms with Crippen LogP contribution in [0.4, 0.5) is 5.69 Å². The van der Waals surface area contributed by atoms with Crippen molar-refractivity contribution in [2.45, 2.75) is 6.42 Å². The third-order valence-electron chi connectivity index (χ3n) is 4.47. The van der Waals surface area contributed by atoms with Crippen LogP contribution >= 0.6 is 0 Å². The molecule has 0 fully saturated rings. The van der Waals surface area contributed by atoms with Crippen molar-refractivity contribution >= 4 is 33.4 Å². The van der Waals surface area contributed by atoms with E-state index in [9.17, 15) is 5.26 Å². The molecule has 0 aliphatic rings. The molecule has 4 aromatic rings. The number of pyridine rings is 2. The highest BCUT2D eigenvalue weighted by molar-refractivity contribution is 5.93. The predicted octanol–water partition coefficient (Wildman–Crippen LogP) is 3.27. The number of aromatic nitrogens is 3. The Balaban J connectivity index is 1.83. The number of hydrogen-bond donors (Lipinski definition) is 1. The van der Waals surface area contributed by atoms with Crippen molar-refractivity contribution in [2.75, 3.05) is 32.5 Å². The first-order valence-electron chi connectivity index (χ1n) is 8.66. The molecule has 1 aromatic carbocycles. The average Bonchev–Trinajstić information content (AvgIpc) is 3.04. The molecule has 6 heteroatoms. The Kier molecular flexibility index (Phi) is 4.15. The number of benzene rings is 1. The van der Waals surface area contributed by atoms with Gasteiger partial charge in [-0.3, -0.25) is 4.40 Å². The van der Waals surface area contributed by atoms with Crippen LogP contribution in [-0.4, -0.2) is 46.5 Å². The van der Waals surface area contributed by atoms with E-state index in [1.165, 1.54) is 0 Å². The van der Waals surface area contributed by atoms with Gasteiger partial charge in [0.25, 0.3) is 0 Å². The molecule has 1 N–H and O–H groups in total. The second-order valence-corrected chi connectivity index (χ2v) is 6.64. The van der Waals surface area contributed by atoms with E-state index in [4.69, 9.17) is 0 Å². The van der Waals surface area contributed by atoms with Gasteiger partial charge in [0, 0.05) is 23.8 Å². The molecule has 0 radical (unpaired) electrons. The summed E-state index contributed by atoms with van der Waals surface area (Å²) in [6, 6.07) is 14.3. The number of rotatable bonds is 5. The molecule has 0 amide bonds. The zero-order valence-electron chi connectivity index (χ0n) is 14.9. The van der Waals surface area contributed by atoms with Crippen LogP contribution < -0.4 is 5.32 Å². The molecule has 0 saturated heterocycles. The highest BCUT2D eigenvalue weighted by atomic mass is 15.1. The van der Waals surface area contributed by atoms with E-state index < -0.39 is 0 Å². The van der Waals surface area contributed by atoms with Gasteiger partial charge in [-0.15, -0.1) is 0 Å². The third-order valence-corrected chi connectivity index (χ3v) is 4.47. The lowest BCUT2D eigenvalue weighted by molar-refractivity contribution is 0.405. The second kappa shape index (κ2) is 6.62. The van der Waals surface area contributed by atoms with E-state index in [-0.39, 0.29) is 0 Å². The van der Waals surface area contributed by atoms with E-state index in [2.05, 4.69) is 52.5 Å². The first-order valence-corrected chi connectivity index (χ1v) is 8.66. The number of anilines is 1. The Hall–Kier alpha value is -3.17. The quantitative estimate of drug-likeness (QED) is 0.563. The Morgan fingerprint density at radius 1 is 1.19 bits per heavy atom. The van der Waals surface area contributed by atoms with Gasteiger partial charge in [0.1, 0.15) is 6.07 Å². The molecule has 6 nitrogen and oxygen atoms in total. The molecular weight excluding hydrogens is 324 g/mol. The van der Waals surface area contributed by atoms with Crippen LogP contribution in [0.3, 0.4) is 0 Å². The fourth-order valence-electron chi connectivity index (χ4n) is 3.24. The van der Waals surface area contributed by atoms with Crippen molar-refractivity contribution in [1.82, 2.24) is 19.3 Å². The van der Waals surface area contributed by atoms with Crippen LogP contribution in [0.1, 0.15) is 12.0 Å². The molecule has 3 aromatic heterocycles. The fraction of sp³-hybridized carbons (Fsp3) is 0.250. The molecule has 130 valence electrons. The van der Waals surface area contributed by atoms with Crippen LogP contribution in [0.15, 0.2) is 42.6 Å². The molecule has 0 spiro atoms. The monoisotopic (exact) mass is 344 g/mol. The normalized spacial score (nSPS) is 11.5. The topological polar surface area (TPSA) is 69.2 Å². The lowest BCUT2D eigenvalue weighted by Crippen LogP contribution is -2.16. The minimum atomic E-state index is 0.558. The minimum Gasteiger partial charge on any atom is -0.385 e. The zero-order chi connectivity index (χ0) is 18.1. The lowest BCUT2D eigenvalue weighted by atomic mass is 10.1. The van der Waals surface area contributed by atoms with Crippen molar-refractivity contribution in [3.05, 3.63) is 48.2 Å². The maximum Gasteiger partial charge on any atom is 0.178 e. The summed E-state index contributed by atoms with van der Waals surface area (Å²) < 4.78 is 2.03. The summed E-state index contributed by atoms with van der Waals surface area (Å²) in [6.45, 7) is 1.96. The van der Waals surface area contributed by atoms with Gasteiger partial charge >= 0.3 is 0 Å². The Labute approximate surface area is 151 Å². The molecule has 0 aliphatic carbocycles. The van der Waals surface area contributed by atoms with Gasteiger partial charge in [-0.1, -0.05) is 6.07 Å². The first kappa shape index (κ1) is 16.3. The largest absolute Gasteiger partial charge is 0.385 e. The number of nitrogens with zero attached hydrogens (tertiary/aromatic N) is 5. The van der Waals surface area contributed by atoms with Crippen LogP contribution in [0.2, 0.25) is 0 Å². The van der Waals surface area contributed by atoms with Gasteiger partial charge in [0.15, 0.2) is 11.3 Å². The van der Waals surface area contributed by atoms with Crippen LogP contribution in [0.5, 0.6) is 0 Å². The van der Waals surface area contributed by atoms with E-state index >= 15 is 0 Å². The smallest absolute Gasteiger partial charge is 0.178 e. The number of nitriles is 1. The van der Waals surface area contributed by atoms with Gasteiger partial charge in [-0.2, -0.15) is 5.26 Å². The molecule has 26 heavy (non-hydrogen) atoms. The van der Waals surface area contributed by atoms with Crippen LogP contribution in [-0.2, 0) is 0 Å². The maximum atomic E-state index is 9.52. The Morgan fingerprint density at radius 3 is 2.88 bits per heavy atom. The SMILES string of the molecule is CN(C)CCCNc1ccc2cc(C#N)c3nc4ncccc4n3c2c1. The summed E-state index contributed by atoms with van der Waals surface area (Å²) in [4.78, 5) is 11.1. The van der Waals surface area contributed by atoms with Crippen LogP contribution in [0, 0.1) is 11.3 Å². The van der Waals surface area contributed by atoms with E-state index in [0.29, 0.717) is 16.9 Å². The molecule has 3 heterocycles. The number of hydrogen-bond acceptors (Lipinski definition) is 5. The number of fused-ring (bicyclic) bond motifs is 5. The second-order valence-electron chi connectivity index (χ2n) is 6.64. The molecule has 0 bridgehead atoms. The Bertz CT molecular complexity index is 1140. The molecule has 4 rings (SSSR count). The summed E-state index contributed by atoms with van der Waals surface area (Å²) in [5.41, 5.74) is 4.86. The van der Waals surface area contributed by atoms with E-state index in [0.717, 1.165) is 41.6 Å². The number of imidazole rings is 1. The van der Waals surface area contributed by atoms with Crippen molar-refractivity contribution in [3.63, 3.8) is 0 Å². The predicted molar refractivity (Wildman–Crippen MR) is 104 cm³/mol. The van der Waals surface area contributed by atoms with E-state index in [1.54, 1.807) is 6.20 Å². The standard InChI is InChI=1S/C20H20N6/c1-25(2)10-4-9-22-16-7-6-14-11-15(13-21)20-24-19-17(5-3-8-23-19)26(20)18(14)12-16/h3,5-8,11-12,22H,4,9-10H2,1-2H3. The lowest BCUT2D eigenvalue weighted by Gasteiger charge is -2.12. The van der Waals surface area contributed by atoms with Crippen molar-refractivity contribution in [3.8, 4) is 6.07 Å². The first-order chi connectivity index (χ1) is 12.7. The van der Waals surface area contributed by atoms with Gasteiger partial charge in [-0.25, -0.2) is 9.97 Å². The van der Waals surface area contributed by atoms with Crippen molar-refractivity contribution < 1.29 is 0 Å². The van der Waals surface area contributed by atoms with Gasteiger partial charge in [-0.05, 0) is 57.4 Å². The maximum absolute atomic E-state index is 9.52. The zero-order valence-corrected chi connectivity index (χ0v) is 14.9. The molecule has 0 aliphatic heterocycles. The van der Waals surface area contributed by atoms with Crippen molar-refractivity contribution in [2.24, 2.45) is 0 Å². The van der Waals surface area contributed by atoms with E-state index in [1.807, 2.05) is 28.7 Å². The van der Waals surface area contributed by atoms with Gasteiger partial charge in [0.05, 0.1) is 16.6 Å². The summed E-state index contributed by atoms with van der Waals surface area (Å²) in [5.74, 6) is 0. The van der Waals surface area contributed by atoms with Gasteiger partial charge < -0.3 is 10.2 Å². The fourth-order valence-corrected chi connectivity index (χ4v) is 3.24. The highest BCUT2D eigenvalue weighted by Crippen LogP contribution is 2.27. The third kappa shape index (κ3) is 2.83. The van der Waals surface area contributed by atoms with Gasteiger partial charge in [0.2, 0.25) is 0 Å². The minimum absolute atomic E-state index is 0.558.